The lowest BCUT2D eigenvalue weighted by atomic mass is 9.96. The third-order valence-corrected chi connectivity index (χ3v) is 6.08. The number of nitrogens with zero attached hydrogens (tertiary/aromatic N) is 5. The summed E-state index contributed by atoms with van der Waals surface area (Å²) in [5.74, 6) is -0.552. The van der Waals surface area contributed by atoms with Crippen molar-refractivity contribution in [2.75, 3.05) is 11.5 Å². The van der Waals surface area contributed by atoms with E-state index in [0.29, 0.717) is 23.3 Å². The highest BCUT2D eigenvalue weighted by atomic mass is 19.4. The fourth-order valence-electron chi connectivity index (χ4n) is 4.33. The van der Waals surface area contributed by atoms with Gasteiger partial charge in [-0.1, -0.05) is 41.5 Å². The molecule has 0 radical (unpaired) electrons. The molecule has 6 nitrogen and oxygen atoms in total. The van der Waals surface area contributed by atoms with Gasteiger partial charge < -0.3 is 9.64 Å². The van der Waals surface area contributed by atoms with Gasteiger partial charge >= 0.3 is 18.5 Å². The van der Waals surface area contributed by atoms with E-state index in [0.717, 1.165) is 10.9 Å². The van der Waals surface area contributed by atoms with Crippen LogP contribution in [0.15, 0.2) is 60.7 Å². The van der Waals surface area contributed by atoms with Gasteiger partial charge in [0.25, 0.3) is 5.95 Å². The Hall–Kier alpha value is -4.30. The van der Waals surface area contributed by atoms with E-state index in [1.807, 2.05) is 0 Å². The number of hydrogen-bond acceptors (Lipinski definition) is 5. The molecule has 0 saturated carbocycles. The van der Waals surface area contributed by atoms with Crippen molar-refractivity contribution in [2.45, 2.75) is 38.5 Å². The molecule has 0 amide bonds. The SMILES string of the molecule is CCOc1c(-c2ccccc2CN(Cc2cc(C(F)(F)F)cc(C(F)(F)F)c2)c2nnn(C)n2)cccc1C(F)(F)F. The number of aryl methyl sites for hydroxylation is 1. The molecule has 0 aliphatic carbocycles. The summed E-state index contributed by atoms with van der Waals surface area (Å²) in [7, 11) is 1.41. The zero-order chi connectivity index (χ0) is 30.9. The van der Waals surface area contributed by atoms with Crippen molar-refractivity contribution >= 4 is 5.95 Å². The maximum absolute atomic E-state index is 13.8. The average Bonchev–Trinajstić information content (AvgIpc) is 3.33. The van der Waals surface area contributed by atoms with Gasteiger partial charge in [-0.05, 0) is 53.1 Å². The third-order valence-electron chi connectivity index (χ3n) is 6.08. The summed E-state index contributed by atoms with van der Waals surface area (Å²) in [5.41, 5.74) is -3.60. The van der Waals surface area contributed by atoms with Crippen LogP contribution in [0.1, 0.15) is 34.7 Å². The Bertz CT molecular complexity index is 1510. The van der Waals surface area contributed by atoms with Crippen LogP contribution in [-0.2, 0) is 38.7 Å². The summed E-state index contributed by atoms with van der Waals surface area (Å²) in [6.07, 6.45) is -14.8. The number of ether oxygens (including phenoxy) is 1. The maximum Gasteiger partial charge on any atom is 0.419 e. The smallest absolute Gasteiger partial charge is 0.419 e. The first-order valence-corrected chi connectivity index (χ1v) is 12.3. The Morgan fingerprint density at radius 1 is 0.762 bits per heavy atom. The molecule has 4 aromatic rings. The molecule has 0 unspecified atom stereocenters. The Morgan fingerprint density at radius 2 is 1.38 bits per heavy atom. The quantitative estimate of drug-likeness (QED) is 0.195. The highest BCUT2D eigenvalue weighted by molar-refractivity contribution is 5.75. The number of rotatable bonds is 8. The number of hydrogen-bond donors (Lipinski definition) is 0. The van der Waals surface area contributed by atoms with Crippen LogP contribution in [0.2, 0.25) is 0 Å². The molecule has 1 heterocycles. The van der Waals surface area contributed by atoms with Crippen LogP contribution in [0.25, 0.3) is 11.1 Å². The van der Waals surface area contributed by atoms with E-state index >= 15 is 0 Å². The standard InChI is InChI=1S/C27H22F9N5O/c1-3-42-23-21(9-6-10-22(23)27(34,35)36)20-8-5-4-7-17(20)15-41(24-37-39-40(2)38-24)14-16-11-18(25(28,29)30)13-19(12-16)26(31,32)33/h4-13H,3,14-15H2,1-2H3. The van der Waals surface area contributed by atoms with Gasteiger partial charge in [0.15, 0.2) is 0 Å². The predicted molar refractivity (Wildman–Crippen MR) is 133 cm³/mol. The van der Waals surface area contributed by atoms with Gasteiger partial charge in [0, 0.05) is 18.7 Å². The summed E-state index contributed by atoms with van der Waals surface area (Å²) < 4.78 is 128. The largest absolute Gasteiger partial charge is 0.493 e. The molecular formula is C27H22F9N5O. The normalized spacial score (nSPS) is 12.5. The van der Waals surface area contributed by atoms with Crippen LogP contribution in [0.5, 0.6) is 5.75 Å². The van der Waals surface area contributed by atoms with E-state index < -0.39 is 47.5 Å². The molecule has 15 heteroatoms. The monoisotopic (exact) mass is 603 g/mol. The molecular weight excluding hydrogens is 581 g/mol. The molecule has 1 aromatic heterocycles. The zero-order valence-corrected chi connectivity index (χ0v) is 21.9. The lowest BCUT2D eigenvalue weighted by molar-refractivity contribution is -0.143. The lowest BCUT2D eigenvalue weighted by Crippen LogP contribution is -2.25. The second kappa shape index (κ2) is 11.5. The minimum atomic E-state index is -5.06. The van der Waals surface area contributed by atoms with Crippen LogP contribution < -0.4 is 9.64 Å². The maximum atomic E-state index is 13.8. The first-order chi connectivity index (χ1) is 19.6. The van der Waals surface area contributed by atoms with Gasteiger partial charge in [-0.3, -0.25) is 0 Å². The molecule has 0 bridgehead atoms. The third kappa shape index (κ3) is 6.94. The van der Waals surface area contributed by atoms with Crippen LogP contribution >= 0.6 is 0 Å². The highest BCUT2D eigenvalue weighted by Crippen LogP contribution is 2.43. The van der Waals surface area contributed by atoms with Gasteiger partial charge in [-0.2, -0.15) is 44.3 Å². The molecule has 42 heavy (non-hydrogen) atoms. The van der Waals surface area contributed by atoms with Gasteiger partial charge in [-0.25, -0.2) is 0 Å². The molecule has 224 valence electrons. The first-order valence-electron chi connectivity index (χ1n) is 12.3. The summed E-state index contributed by atoms with van der Waals surface area (Å²) in [5, 5.41) is 11.6. The zero-order valence-electron chi connectivity index (χ0n) is 21.9. The molecule has 0 atom stereocenters. The van der Waals surface area contributed by atoms with Gasteiger partial charge in [0.1, 0.15) is 5.75 Å². The van der Waals surface area contributed by atoms with Gasteiger partial charge in [0.2, 0.25) is 0 Å². The molecule has 4 rings (SSSR count). The van der Waals surface area contributed by atoms with Crippen molar-refractivity contribution in [2.24, 2.45) is 7.05 Å². The van der Waals surface area contributed by atoms with E-state index in [9.17, 15) is 39.5 Å². The van der Waals surface area contributed by atoms with E-state index in [1.165, 1.54) is 37.1 Å². The number of halogens is 9. The van der Waals surface area contributed by atoms with E-state index in [1.54, 1.807) is 18.2 Å². The Morgan fingerprint density at radius 3 is 1.93 bits per heavy atom. The molecule has 0 aliphatic rings. The van der Waals surface area contributed by atoms with Crippen molar-refractivity contribution in [1.82, 2.24) is 20.2 Å². The topological polar surface area (TPSA) is 56.1 Å². The van der Waals surface area contributed by atoms with E-state index in [4.69, 9.17) is 4.74 Å². The second-order valence-corrected chi connectivity index (χ2v) is 9.12. The summed E-state index contributed by atoms with van der Waals surface area (Å²) >= 11 is 0. The van der Waals surface area contributed by atoms with E-state index in [2.05, 4.69) is 15.4 Å². The van der Waals surface area contributed by atoms with Crippen LogP contribution in [-0.4, -0.2) is 26.8 Å². The van der Waals surface area contributed by atoms with Crippen LogP contribution in [0.3, 0.4) is 0 Å². The van der Waals surface area contributed by atoms with Crippen molar-refractivity contribution in [3.05, 3.63) is 88.5 Å². The fraction of sp³-hybridized carbons (Fsp3) is 0.296. The van der Waals surface area contributed by atoms with Gasteiger partial charge in [-0.15, -0.1) is 5.10 Å². The molecule has 0 aliphatic heterocycles. The number of anilines is 1. The van der Waals surface area contributed by atoms with Crippen molar-refractivity contribution < 1.29 is 44.3 Å². The Labute approximate surface area is 233 Å². The van der Waals surface area contributed by atoms with Gasteiger partial charge in [0.05, 0.1) is 30.3 Å². The van der Waals surface area contributed by atoms with Crippen molar-refractivity contribution in [3.63, 3.8) is 0 Å². The Balaban J connectivity index is 1.82. The minimum Gasteiger partial charge on any atom is -0.493 e. The fourth-order valence-corrected chi connectivity index (χ4v) is 4.33. The molecule has 0 saturated heterocycles. The minimum absolute atomic E-state index is 0.0204. The highest BCUT2D eigenvalue weighted by Gasteiger charge is 2.38. The lowest BCUT2D eigenvalue weighted by Gasteiger charge is -2.24. The molecule has 3 aromatic carbocycles. The number of alkyl halides is 9. The van der Waals surface area contributed by atoms with Crippen LogP contribution in [0.4, 0.5) is 45.5 Å². The summed E-state index contributed by atoms with van der Waals surface area (Å²) in [4.78, 5) is 2.32. The molecule has 0 fully saturated rings. The number of tetrazole rings is 1. The summed E-state index contributed by atoms with van der Waals surface area (Å²) in [6.45, 7) is 0.707. The van der Waals surface area contributed by atoms with Crippen molar-refractivity contribution in [3.8, 4) is 16.9 Å². The number of para-hydroxylation sites is 1. The predicted octanol–water partition coefficient (Wildman–Crippen LogP) is 7.54. The van der Waals surface area contributed by atoms with E-state index in [-0.39, 0.29) is 36.3 Å². The molecule has 0 N–H and O–H groups in total. The Kier molecular flexibility index (Phi) is 8.41. The number of aromatic nitrogens is 4. The average molecular weight is 603 g/mol. The second-order valence-electron chi connectivity index (χ2n) is 9.12. The molecule has 0 spiro atoms. The van der Waals surface area contributed by atoms with Crippen LogP contribution in [0, 0.1) is 0 Å². The first kappa shape index (κ1) is 30.7. The van der Waals surface area contributed by atoms with Crippen molar-refractivity contribution in [1.29, 1.82) is 0 Å². The summed E-state index contributed by atoms with van der Waals surface area (Å²) in [6, 6.07) is 10.9. The number of benzene rings is 3.